The predicted molar refractivity (Wildman–Crippen MR) is 69.3 cm³/mol. The molecule has 0 aliphatic rings. The average molecular weight is 285 g/mol. The van der Waals surface area contributed by atoms with Crippen molar-refractivity contribution in [2.45, 2.75) is 19.3 Å². The van der Waals surface area contributed by atoms with E-state index < -0.39 is 11.9 Å². The standard InChI is InChI=1S/C12H15NO5S/c14-10(15)4-1-6-13(7-5-11(16)17)12(18)9-3-2-8-19-9/h2-3,8H,1,4-7H2,(H,14,15)(H,16,17). The molecule has 6 nitrogen and oxygen atoms in total. The van der Waals surface area contributed by atoms with Gasteiger partial charge in [0.15, 0.2) is 0 Å². The van der Waals surface area contributed by atoms with Gasteiger partial charge in [-0.25, -0.2) is 0 Å². The molecule has 0 saturated carbocycles. The van der Waals surface area contributed by atoms with Gasteiger partial charge in [0.05, 0.1) is 11.3 Å². The topological polar surface area (TPSA) is 94.9 Å². The van der Waals surface area contributed by atoms with Crippen LogP contribution in [0.5, 0.6) is 0 Å². The third kappa shape index (κ3) is 5.52. The van der Waals surface area contributed by atoms with E-state index in [-0.39, 0.29) is 31.8 Å². The van der Waals surface area contributed by atoms with Gasteiger partial charge < -0.3 is 15.1 Å². The molecule has 0 aliphatic heterocycles. The van der Waals surface area contributed by atoms with Crippen LogP contribution >= 0.6 is 11.3 Å². The summed E-state index contributed by atoms with van der Waals surface area (Å²) in [5.74, 6) is -2.16. The second kappa shape index (κ2) is 7.52. The van der Waals surface area contributed by atoms with Crippen molar-refractivity contribution in [3.05, 3.63) is 22.4 Å². The molecule has 0 unspecified atom stereocenters. The van der Waals surface area contributed by atoms with E-state index in [1.807, 2.05) is 0 Å². The molecule has 1 rings (SSSR count). The SMILES string of the molecule is O=C(O)CCCN(CCC(=O)O)C(=O)c1cccs1. The summed E-state index contributed by atoms with van der Waals surface area (Å²) in [6, 6.07) is 3.41. The highest BCUT2D eigenvalue weighted by Gasteiger charge is 2.17. The lowest BCUT2D eigenvalue weighted by molar-refractivity contribution is -0.138. The Kier molecular flexibility index (Phi) is 6.01. The van der Waals surface area contributed by atoms with Crippen molar-refractivity contribution in [1.29, 1.82) is 0 Å². The molecular weight excluding hydrogens is 270 g/mol. The number of carboxylic acids is 2. The van der Waals surface area contributed by atoms with Crippen molar-refractivity contribution < 1.29 is 24.6 Å². The largest absolute Gasteiger partial charge is 0.481 e. The zero-order valence-corrected chi connectivity index (χ0v) is 11.1. The Morgan fingerprint density at radius 3 is 2.32 bits per heavy atom. The summed E-state index contributed by atoms with van der Waals surface area (Å²) in [5.41, 5.74) is 0. The highest BCUT2D eigenvalue weighted by molar-refractivity contribution is 7.12. The Morgan fingerprint density at radius 2 is 1.79 bits per heavy atom. The van der Waals surface area contributed by atoms with Crippen molar-refractivity contribution in [3.8, 4) is 0 Å². The van der Waals surface area contributed by atoms with E-state index in [0.29, 0.717) is 11.3 Å². The average Bonchev–Trinajstić information content (AvgIpc) is 2.85. The number of amides is 1. The van der Waals surface area contributed by atoms with Crippen LogP contribution in [-0.2, 0) is 9.59 Å². The molecule has 2 N–H and O–H groups in total. The summed E-state index contributed by atoms with van der Waals surface area (Å²) < 4.78 is 0. The maximum Gasteiger partial charge on any atom is 0.305 e. The molecule has 0 bridgehead atoms. The summed E-state index contributed by atoms with van der Waals surface area (Å²) in [5, 5.41) is 19.0. The minimum atomic E-state index is -0.984. The van der Waals surface area contributed by atoms with Gasteiger partial charge in [0, 0.05) is 19.5 Å². The number of carbonyl (C=O) groups is 3. The number of carboxylic acid groups (broad SMARTS) is 2. The Balaban J connectivity index is 2.60. The van der Waals surface area contributed by atoms with E-state index in [0.717, 1.165) is 0 Å². The van der Waals surface area contributed by atoms with Gasteiger partial charge in [0.25, 0.3) is 5.91 Å². The van der Waals surface area contributed by atoms with Crippen LogP contribution in [0.25, 0.3) is 0 Å². The number of rotatable bonds is 8. The van der Waals surface area contributed by atoms with Gasteiger partial charge in [-0.3, -0.25) is 14.4 Å². The van der Waals surface area contributed by atoms with E-state index in [1.165, 1.54) is 16.2 Å². The maximum absolute atomic E-state index is 12.1. The third-order valence-electron chi connectivity index (χ3n) is 2.43. The zero-order valence-electron chi connectivity index (χ0n) is 10.2. The number of aliphatic carboxylic acids is 2. The summed E-state index contributed by atoms with van der Waals surface area (Å²) in [4.78, 5) is 35.0. The van der Waals surface area contributed by atoms with Gasteiger partial charge in [-0.2, -0.15) is 0 Å². The van der Waals surface area contributed by atoms with Gasteiger partial charge in [-0.05, 0) is 17.9 Å². The first kappa shape index (κ1) is 15.2. The zero-order chi connectivity index (χ0) is 14.3. The summed E-state index contributed by atoms with van der Waals surface area (Å²) in [6.07, 6.45) is 0.123. The first-order valence-electron chi connectivity index (χ1n) is 5.77. The van der Waals surface area contributed by atoms with Crippen LogP contribution in [0.15, 0.2) is 17.5 Å². The number of thiophene rings is 1. The Morgan fingerprint density at radius 1 is 1.11 bits per heavy atom. The first-order chi connectivity index (χ1) is 9.00. The van der Waals surface area contributed by atoms with Crippen LogP contribution < -0.4 is 0 Å². The highest BCUT2D eigenvalue weighted by atomic mass is 32.1. The van der Waals surface area contributed by atoms with Crippen LogP contribution in [0, 0.1) is 0 Å². The second-order valence-electron chi connectivity index (χ2n) is 3.91. The van der Waals surface area contributed by atoms with Gasteiger partial charge >= 0.3 is 11.9 Å². The fourth-order valence-electron chi connectivity index (χ4n) is 1.52. The molecule has 0 aromatic carbocycles. The highest BCUT2D eigenvalue weighted by Crippen LogP contribution is 2.13. The van der Waals surface area contributed by atoms with Crippen LogP contribution in [0.3, 0.4) is 0 Å². The van der Waals surface area contributed by atoms with Gasteiger partial charge in [-0.1, -0.05) is 6.07 Å². The third-order valence-corrected chi connectivity index (χ3v) is 3.29. The minimum Gasteiger partial charge on any atom is -0.481 e. The Hall–Kier alpha value is -1.89. The second-order valence-corrected chi connectivity index (χ2v) is 4.86. The van der Waals surface area contributed by atoms with Crippen LogP contribution in [0.1, 0.15) is 28.9 Å². The molecule has 1 amide bonds. The van der Waals surface area contributed by atoms with Gasteiger partial charge in [0.2, 0.25) is 0 Å². The van der Waals surface area contributed by atoms with Crippen LogP contribution in [0.4, 0.5) is 0 Å². The number of hydrogen-bond donors (Lipinski definition) is 2. The molecule has 104 valence electrons. The van der Waals surface area contributed by atoms with Crippen LogP contribution in [-0.4, -0.2) is 46.0 Å². The minimum absolute atomic E-state index is 0.0404. The molecule has 1 heterocycles. The fourth-order valence-corrected chi connectivity index (χ4v) is 2.21. The summed E-state index contributed by atoms with van der Waals surface area (Å²) in [7, 11) is 0. The Labute approximate surface area is 114 Å². The fraction of sp³-hybridized carbons (Fsp3) is 0.417. The molecule has 7 heteroatoms. The molecular formula is C12H15NO5S. The molecule has 19 heavy (non-hydrogen) atoms. The maximum atomic E-state index is 12.1. The smallest absolute Gasteiger partial charge is 0.305 e. The monoisotopic (exact) mass is 285 g/mol. The van der Waals surface area contributed by atoms with E-state index in [2.05, 4.69) is 0 Å². The van der Waals surface area contributed by atoms with Crippen molar-refractivity contribution in [2.24, 2.45) is 0 Å². The van der Waals surface area contributed by atoms with E-state index in [4.69, 9.17) is 10.2 Å². The molecule has 0 radical (unpaired) electrons. The quantitative estimate of drug-likeness (QED) is 0.755. The first-order valence-corrected chi connectivity index (χ1v) is 6.65. The molecule has 0 atom stereocenters. The lowest BCUT2D eigenvalue weighted by Gasteiger charge is -2.20. The molecule has 0 spiro atoms. The Bertz CT molecular complexity index is 443. The van der Waals surface area contributed by atoms with Crippen molar-refractivity contribution in [1.82, 2.24) is 4.90 Å². The summed E-state index contributed by atoms with van der Waals surface area (Å²) in [6.45, 7) is 0.335. The molecule has 1 aromatic rings. The molecule has 0 saturated heterocycles. The van der Waals surface area contributed by atoms with Gasteiger partial charge in [0.1, 0.15) is 0 Å². The van der Waals surface area contributed by atoms with Crippen molar-refractivity contribution >= 4 is 29.2 Å². The molecule has 0 aliphatic carbocycles. The normalized spacial score (nSPS) is 10.1. The molecule has 1 aromatic heterocycles. The van der Waals surface area contributed by atoms with Crippen molar-refractivity contribution in [2.75, 3.05) is 13.1 Å². The van der Waals surface area contributed by atoms with Gasteiger partial charge in [-0.15, -0.1) is 11.3 Å². The van der Waals surface area contributed by atoms with Crippen LogP contribution in [0.2, 0.25) is 0 Å². The predicted octanol–water partition coefficient (Wildman–Crippen LogP) is 1.53. The number of carbonyl (C=O) groups excluding carboxylic acids is 1. The van der Waals surface area contributed by atoms with Crippen molar-refractivity contribution in [3.63, 3.8) is 0 Å². The van der Waals surface area contributed by atoms with E-state index in [1.54, 1.807) is 17.5 Å². The molecule has 0 fully saturated rings. The summed E-state index contributed by atoms with van der Waals surface area (Å²) >= 11 is 1.28. The number of hydrogen-bond acceptors (Lipinski definition) is 4. The van der Waals surface area contributed by atoms with E-state index >= 15 is 0 Å². The van der Waals surface area contributed by atoms with E-state index in [9.17, 15) is 14.4 Å². The lowest BCUT2D eigenvalue weighted by Crippen LogP contribution is -2.33. The number of nitrogens with zero attached hydrogens (tertiary/aromatic N) is 1. The lowest BCUT2D eigenvalue weighted by atomic mass is 10.2.